The zero-order valence-corrected chi connectivity index (χ0v) is 13.0. The van der Waals surface area contributed by atoms with Crippen molar-refractivity contribution in [3.05, 3.63) is 58.7 Å². The Kier molecular flexibility index (Phi) is 4.35. The van der Waals surface area contributed by atoms with Crippen molar-refractivity contribution in [1.29, 1.82) is 0 Å². The second kappa shape index (κ2) is 6.40. The quantitative estimate of drug-likeness (QED) is 0.757. The minimum Gasteiger partial charge on any atom is -0.497 e. The molecule has 2 aromatic carbocycles. The van der Waals surface area contributed by atoms with Crippen LogP contribution in [0.3, 0.4) is 0 Å². The largest absolute Gasteiger partial charge is 0.497 e. The number of benzene rings is 2. The van der Waals surface area contributed by atoms with Gasteiger partial charge in [0, 0.05) is 5.56 Å². The summed E-state index contributed by atoms with van der Waals surface area (Å²) >= 11 is 5.98. The summed E-state index contributed by atoms with van der Waals surface area (Å²) in [6.45, 7) is 0.573. The summed E-state index contributed by atoms with van der Waals surface area (Å²) < 4.78 is 11.1. The lowest BCUT2D eigenvalue weighted by atomic mass is 10.1. The van der Waals surface area contributed by atoms with E-state index in [9.17, 15) is 0 Å². The molecule has 21 heavy (non-hydrogen) atoms. The fourth-order valence-corrected chi connectivity index (χ4v) is 3.01. The smallest absolute Gasteiger partial charge is 0.124 e. The van der Waals surface area contributed by atoms with Gasteiger partial charge in [-0.25, -0.2) is 0 Å². The number of halogens is 1. The van der Waals surface area contributed by atoms with Crippen molar-refractivity contribution >= 4 is 11.6 Å². The first-order valence-corrected chi connectivity index (χ1v) is 7.80. The van der Waals surface area contributed by atoms with Crippen LogP contribution in [0.15, 0.2) is 36.4 Å². The van der Waals surface area contributed by atoms with E-state index in [1.807, 2.05) is 18.2 Å². The third-order valence-electron chi connectivity index (χ3n) is 3.97. The van der Waals surface area contributed by atoms with Gasteiger partial charge in [0.1, 0.15) is 18.1 Å². The molecule has 2 aromatic rings. The van der Waals surface area contributed by atoms with E-state index in [-0.39, 0.29) is 0 Å². The molecule has 0 aromatic heterocycles. The van der Waals surface area contributed by atoms with E-state index >= 15 is 0 Å². The number of fused-ring (bicyclic) bond motifs is 1. The van der Waals surface area contributed by atoms with Gasteiger partial charge < -0.3 is 9.47 Å². The molecule has 110 valence electrons. The van der Waals surface area contributed by atoms with Gasteiger partial charge in [-0.05, 0) is 54.2 Å². The van der Waals surface area contributed by atoms with Crippen molar-refractivity contribution < 1.29 is 9.47 Å². The summed E-state index contributed by atoms with van der Waals surface area (Å²) in [5.74, 6) is 2.04. The molecular formula is C18H19ClO2. The molecule has 0 bridgehead atoms. The standard InChI is InChI=1S/C18H19ClO2/c1-20-17-7-8-18(16(10-17)11-19)21-12-13-5-6-14-3-2-4-15(14)9-13/h5-10H,2-4,11-12H2,1H3. The van der Waals surface area contributed by atoms with Crippen molar-refractivity contribution in [3.63, 3.8) is 0 Å². The van der Waals surface area contributed by atoms with Crippen molar-refractivity contribution in [2.24, 2.45) is 0 Å². The second-order valence-corrected chi connectivity index (χ2v) is 5.62. The van der Waals surface area contributed by atoms with Crippen LogP contribution in [0.25, 0.3) is 0 Å². The van der Waals surface area contributed by atoms with Gasteiger partial charge in [0.2, 0.25) is 0 Å². The molecule has 1 aliphatic carbocycles. The maximum Gasteiger partial charge on any atom is 0.124 e. The summed E-state index contributed by atoms with van der Waals surface area (Å²) in [4.78, 5) is 0. The van der Waals surface area contributed by atoms with E-state index in [0.29, 0.717) is 12.5 Å². The average molecular weight is 303 g/mol. The highest BCUT2D eigenvalue weighted by Gasteiger charge is 2.11. The number of hydrogen-bond acceptors (Lipinski definition) is 2. The summed E-state index contributed by atoms with van der Waals surface area (Å²) in [5.41, 5.74) is 5.14. The normalized spacial score (nSPS) is 13.0. The molecule has 1 aliphatic rings. The molecule has 3 rings (SSSR count). The lowest BCUT2D eigenvalue weighted by molar-refractivity contribution is 0.303. The first kappa shape index (κ1) is 14.3. The van der Waals surface area contributed by atoms with Crippen LogP contribution in [-0.2, 0) is 25.3 Å². The monoisotopic (exact) mass is 302 g/mol. The summed E-state index contributed by atoms with van der Waals surface area (Å²) in [6, 6.07) is 12.4. The van der Waals surface area contributed by atoms with E-state index in [1.165, 1.54) is 36.0 Å². The zero-order valence-electron chi connectivity index (χ0n) is 12.2. The molecule has 0 fully saturated rings. The number of hydrogen-bond donors (Lipinski definition) is 0. The van der Waals surface area contributed by atoms with Crippen LogP contribution in [-0.4, -0.2) is 7.11 Å². The van der Waals surface area contributed by atoms with Gasteiger partial charge in [0.25, 0.3) is 0 Å². The Labute approximate surface area is 130 Å². The molecule has 0 atom stereocenters. The van der Waals surface area contributed by atoms with Gasteiger partial charge >= 0.3 is 0 Å². The molecular weight excluding hydrogens is 284 g/mol. The van der Waals surface area contributed by atoms with Gasteiger partial charge in [-0.15, -0.1) is 11.6 Å². The molecule has 0 heterocycles. The lowest BCUT2D eigenvalue weighted by Crippen LogP contribution is -1.99. The Balaban J connectivity index is 1.72. The van der Waals surface area contributed by atoms with Crippen LogP contribution in [0.4, 0.5) is 0 Å². The predicted molar refractivity (Wildman–Crippen MR) is 85.4 cm³/mol. The molecule has 2 nitrogen and oxygen atoms in total. The maximum absolute atomic E-state index is 5.98. The van der Waals surface area contributed by atoms with Gasteiger partial charge in [0.15, 0.2) is 0 Å². The minimum absolute atomic E-state index is 0.413. The molecule has 0 saturated carbocycles. The predicted octanol–water partition coefficient (Wildman–Crippen LogP) is 4.50. The van der Waals surface area contributed by atoms with E-state index in [1.54, 1.807) is 7.11 Å². The average Bonchev–Trinajstić information content (AvgIpc) is 3.00. The van der Waals surface area contributed by atoms with Crippen LogP contribution < -0.4 is 9.47 Å². The molecule has 0 amide bonds. The Morgan fingerprint density at radius 3 is 2.71 bits per heavy atom. The molecule has 0 unspecified atom stereocenters. The Morgan fingerprint density at radius 1 is 1.05 bits per heavy atom. The van der Waals surface area contributed by atoms with Gasteiger partial charge in [-0.1, -0.05) is 18.2 Å². The van der Waals surface area contributed by atoms with Crippen molar-refractivity contribution in [2.45, 2.75) is 31.7 Å². The summed E-state index contributed by atoms with van der Waals surface area (Å²) in [7, 11) is 1.65. The lowest BCUT2D eigenvalue weighted by Gasteiger charge is -2.12. The number of methoxy groups -OCH3 is 1. The number of aryl methyl sites for hydroxylation is 2. The van der Waals surface area contributed by atoms with Crippen molar-refractivity contribution in [3.8, 4) is 11.5 Å². The number of rotatable bonds is 5. The van der Waals surface area contributed by atoms with Crippen LogP contribution in [0.5, 0.6) is 11.5 Å². The highest BCUT2D eigenvalue weighted by Crippen LogP contribution is 2.27. The summed E-state index contributed by atoms with van der Waals surface area (Å²) in [6.07, 6.45) is 3.68. The first-order valence-electron chi connectivity index (χ1n) is 7.26. The molecule has 3 heteroatoms. The topological polar surface area (TPSA) is 18.5 Å². The van der Waals surface area contributed by atoms with Gasteiger partial charge in [-0.2, -0.15) is 0 Å². The third-order valence-corrected chi connectivity index (χ3v) is 4.26. The molecule has 0 aliphatic heterocycles. The fraction of sp³-hybridized carbons (Fsp3) is 0.333. The second-order valence-electron chi connectivity index (χ2n) is 5.35. The molecule has 0 spiro atoms. The Morgan fingerprint density at radius 2 is 1.90 bits per heavy atom. The SMILES string of the molecule is COc1ccc(OCc2ccc3c(c2)CCC3)c(CCl)c1. The van der Waals surface area contributed by atoms with Crippen LogP contribution in [0.2, 0.25) is 0 Å². The van der Waals surface area contributed by atoms with E-state index < -0.39 is 0 Å². The van der Waals surface area contributed by atoms with Crippen molar-refractivity contribution in [2.75, 3.05) is 7.11 Å². The maximum atomic E-state index is 5.98. The zero-order chi connectivity index (χ0) is 14.7. The van der Waals surface area contributed by atoms with Gasteiger partial charge in [-0.3, -0.25) is 0 Å². The summed E-state index contributed by atoms with van der Waals surface area (Å²) in [5, 5.41) is 0. The van der Waals surface area contributed by atoms with E-state index in [4.69, 9.17) is 21.1 Å². The highest BCUT2D eigenvalue weighted by atomic mass is 35.5. The van der Waals surface area contributed by atoms with Crippen molar-refractivity contribution in [1.82, 2.24) is 0 Å². The highest BCUT2D eigenvalue weighted by molar-refractivity contribution is 6.17. The Hall–Kier alpha value is -1.67. The first-order chi connectivity index (χ1) is 10.3. The number of ether oxygens (including phenoxy) is 2. The molecule has 0 radical (unpaired) electrons. The van der Waals surface area contributed by atoms with Gasteiger partial charge in [0.05, 0.1) is 13.0 Å². The van der Waals surface area contributed by atoms with Crippen LogP contribution in [0, 0.1) is 0 Å². The third kappa shape index (κ3) is 3.16. The fourth-order valence-electron chi connectivity index (χ4n) is 2.80. The molecule has 0 saturated heterocycles. The minimum atomic E-state index is 0.413. The molecule has 0 N–H and O–H groups in total. The Bertz CT molecular complexity index is 637. The van der Waals surface area contributed by atoms with E-state index in [2.05, 4.69) is 18.2 Å². The van der Waals surface area contributed by atoms with E-state index in [0.717, 1.165) is 17.1 Å². The number of alkyl halides is 1. The van der Waals surface area contributed by atoms with Crippen LogP contribution >= 0.6 is 11.6 Å². The van der Waals surface area contributed by atoms with Crippen LogP contribution in [0.1, 0.15) is 28.7 Å².